The van der Waals surface area contributed by atoms with Crippen molar-refractivity contribution >= 4 is 5.91 Å². The second kappa shape index (κ2) is 7.70. The molecule has 0 atom stereocenters. The van der Waals surface area contributed by atoms with Gasteiger partial charge in [0.25, 0.3) is 0 Å². The molecule has 0 bridgehead atoms. The van der Waals surface area contributed by atoms with Gasteiger partial charge in [-0.3, -0.25) is 4.79 Å². The summed E-state index contributed by atoms with van der Waals surface area (Å²) in [6.07, 6.45) is 3.38. The molecule has 1 amide bonds. The molecule has 1 rings (SSSR count). The summed E-state index contributed by atoms with van der Waals surface area (Å²) in [5.74, 6) is 6.30. The van der Waals surface area contributed by atoms with Crippen LogP contribution in [0, 0.1) is 0 Å². The second-order valence-electron chi connectivity index (χ2n) is 3.49. The van der Waals surface area contributed by atoms with E-state index in [4.69, 9.17) is 15.1 Å². The molecule has 6 nitrogen and oxygen atoms in total. The van der Waals surface area contributed by atoms with Gasteiger partial charge >= 0.3 is 0 Å². The number of nitrogens with two attached hydrogens (primary N) is 1. The molecule has 17 heavy (non-hydrogen) atoms. The van der Waals surface area contributed by atoms with Crippen LogP contribution in [0.3, 0.4) is 0 Å². The first-order valence-electron chi connectivity index (χ1n) is 5.46. The summed E-state index contributed by atoms with van der Waals surface area (Å²) in [5, 5.41) is 2.76. The second-order valence-corrected chi connectivity index (χ2v) is 3.49. The zero-order valence-electron chi connectivity index (χ0n) is 9.90. The van der Waals surface area contributed by atoms with Crippen LogP contribution in [0.5, 0.6) is 5.75 Å². The highest BCUT2D eigenvalue weighted by molar-refractivity contribution is 5.75. The monoisotopic (exact) mass is 242 g/mol. The maximum atomic E-state index is 11.2. The van der Waals surface area contributed by atoms with Crippen LogP contribution in [0.1, 0.15) is 18.6 Å². The molecular weight excluding hydrogens is 224 g/mol. The van der Waals surface area contributed by atoms with E-state index in [0.717, 1.165) is 24.4 Å². The van der Waals surface area contributed by atoms with Crippen molar-refractivity contribution in [2.24, 2.45) is 5.90 Å². The summed E-state index contributed by atoms with van der Waals surface area (Å²) < 4.78 is 10.4. The summed E-state index contributed by atoms with van der Waals surface area (Å²) >= 11 is 0. The van der Waals surface area contributed by atoms with Gasteiger partial charge in [-0.2, -0.15) is 0 Å². The van der Waals surface area contributed by atoms with Crippen molar-refractivity contribution in [2.75, 3.05) is 20.3 Å². The fourth-order valence-electron chi connectivity index (χ4n) is 1.41. The maximum Gasteiger partial charge on any atom is 0.222 e. The molecule has 0 spiro atoms. The van der Waals surface area contributed by atoms with Crippen molar-refractivity contribution in [1.29, 1.82) is 0 Å². The smallest absolute Gasteiger partial charge is 0.222 e. The van der Waals surface area contributed by atoms with E-state index < -0.39 is 0 Å². The molecule has 1 aromatic heterocycles. The number of rotatable bonds is 8. The van der Waals surface area contributed by atoms with E-state index >= 15 is 0 Å². The highest BCUT2D eigenvalue weighted by Crippen LogP contribution is 2.20. The van der Waals surface area contributed by atoms with Gasteiger partial charge < -0.3 is 19.3 Å². The third-order valence-corrected chi connectivity index (χ3v) is 2.27. The molecule has 0 unspecified atom stereocenters. The predicted molar refractivity (Wildman–Crippen MR) is 61.3 cm³/mol. The van der Waals surface area contributed by atoms with Crippen molar-refractivity contribution in [3.05, 3.63) is 18.1 Å². The largest absolute Gasteiger partial charge is 0.493 e. The van der Waals surface area contributed by atoms with E-state index in [1.54, 1.807) is 19.4 Å². The Morgan fingerprint density at radius 3 is 3.12 bits per heavy atom. The highest BCUT2D eigenvalue weighted by atomic mass is 16.6. The van der Waals surface area contributed by atoms with Crippen LogP contribution < -0.4 is 16.0 Å². The molecule has 1 aromatic rings. The van der Waals surface area contributed by atoms with Crippen LogP contribution in [0.25, 0.3) is 0 Å². The van der Waals surface area contributed by atoms with Gasteiger partial charge in [-0.1, -0.05) is 0 Å². The van der Waals surface area contributed by atoms with Gasteiger partial charge in [-0.05, 0) is 6.42 Å². The molecule has 0 aliphatic carbocycles. The minimum atomic E-state index is -0.0677. The van der Waals surface area contributed by atoms with E-state index in [2.05, 4.69) is 10.2 Å². The number of hydrogen-bond acceptors (Lipinski definition) is 5. The normalized spacial score (nSPS) is 10.2. The lowest BCUT2D eigenvalue weighted by Gasteiger charge is -2.04. The molecule has 0 saturated heterocycles. The van der Waals surface area contributed by atoms with E-state index in [1.165, 1.54) is 0 Å². The molecule has 0 saturated carbocycles. The molecule has 96 valence electrons. The van der Waals surface area contributed by atoms with E-state index in [1.807, 2.05) is 0 Å². The van der Waals surface area contributed by atoms with Gasteiger partial charge in [-0.25, -0.2) is 5.90 Å². The summed E-state index contributed by atoms with van der Waals surface area (Å²) in [7, 11) is 1.60. The van der Waals surface area contributed by atoms with Gasteiger partial charge in [0.05, 0.1) is 26.4 Å². The number of hydrogen-bond donors (Lipinski definition) is 2. The van der Waals surface area contributed by atoms with Crippen molar-refractivity contribution in [3.63, 3.8) is 0 Å². The fraction of sp³-hybridized carbons (Fsp3) is 0.545. The lowest BCUT2D eigenvalue weighted by molar-refractivity contribution is -0.122. The van der Waals surface area contributed by atoms with Crippen molar-refractivity contribution in [2.45, 2.75) is 19.3 Å². The molecular formula is C11H18N2O4. The number of nitrogens with one attached hydrogen (secondary N) is 1. The van der Waals surface area contributed by atoms with Gasteiger partial charge in [0.2, 0.25) is 5.91 Å². The predicted octanol–water partition coefficient (Wildman–Crippen LogP) is 0.617. The first kappa shape index (κ1) is 13.5. The third kappa shape index (κ3) is 4.88. The minimum absolute atomic E-state index is 0.0677. The first-order chi connectivity index (χ1) is 8.27. The van der Waals surface area contributed by atoms with Crippen LogP contribution in [-0.2, 0) is 16.1 Å². The topological polar surface area (TPSA) is 86.7 Å². The minimum Gasteiger partial charge on any atom is -0.493 e. The number of carbonyl (C=O) groups excluding carboxylic acids is 1. The number of methoxy groups -OCH3 is 1. The van der Waals surface area contributed by atoms with Crippen molar-refractivity contribution in [3.8, 4) is 5.75 Å². The average molecular weight is 242 g/mol. The number of amides is 1. The highest BCUT2D eigenvalue weighted by Gasteiger charge is 2.06. The molecule has 0 fully saturated rings. The van der Waals surface area contributed by atoms with E-state index in [0.29, 0.717) is 6.54 Å². The Hall–Kier alpha value is -1.53. The zero-order chi connectivity index (χ0) is 12.5. The molecule has 0 aromatic carbocycles. The van der Waals surface area contributed by atoms with Crippen molar-refractivity contribution < 1.29 is 18.8 Å². The number of ether oxygens (including phenoxy) is 1. The van der Waals surface area contributed by atoms with Crippen LogP contribution >= 0.6 is 0 Å². The van der Waals surface area contributed by atoms with Crippen LogP contribution in [-0.4, -0.2) is 26.2 Å². The Labute approximate surface area is 100 Å². The summed E-state index contributed by atoms with van der Waals surface area (Å²) in [5.41, 5.74) is 0. The Balaban J connectivity index is 2.14. The van der Waals surface area contributed by atoms with Gasteiger partial charge in [0, 0.05) is 19.0 Å². The number of carbonyl (C=O) groups is 1. The fourth-order valence-corrected chi connectivity index (χ4v) is 1.41. The Morgan fingerprint density at radius 1 is 1.59 bits per heavy atom. The number of aryl methyl sites for hydroxylation is 1. The van der Waals surface area contributed by atoms with Crippen LogP contribution in [0.4, 0.5) is 0 Å². The van der Waals surface area contributed by atoms with E-state index in [-0.39, 0.29) is 18.9 Å². The van der Waals surface area contributed by atoms with Crippen LogP contribution in [0.2, 0.25) is 0 Å². The van der Waals surface area contributed by atoms with Gasteiger partial charge in [0.1, 0.15) is 5.76 Å². The van der Waals surface area contributed by atoms with Gasteiger partial charge in [-0.15, -0.1) is 0 Å². The summed E-state index contributed by atoms with van der Waals surface area (Å²) in [6.45, 7) is 0.825. The standard InChI is InChI=1S/C11H18N2O4/c1-15-9-4-7-16-10(9)3-2-6-13-11(14)5-8-17-12/h4,7H,2-3,5-6,8,12H2,1H3,(H,13,14). The molecule has 3 N–H and O–H groups in total. The number of furan rings is 1. The molecule has 1 heterocycles. The summed E-state index contributed by atoms with van der Waals surface area (Å²) in [6, 6.07) is 1.77. The van der Waals surface area contributed by atoms with E-state index in [9.17, 15) is 4.79 Å². The van der Waals surface area contributed by atoms with Crippen molar-refractivity contribution in [1.82, 2.24) is 5.32 Å². The SMILES string of the molecule is COc1ccoc1CCCNC(=O)CCON. The van der Waals surface area contributed by atoms with Gasteiger partial charge in [0.15, 0.2) is 5.75 Å². The summed E-state index contributed by atoms with van der Waals surface area (Å²) in [4.78, 5) is 15.5. The first-order valence-corrected chi connectivity index (χ1v) is 5.46. The maximum absolute atomic E-state index is 11.2. The molecule has 0 aliphatic rings. The molecule has 0 aliphatic heterocycles. The molecule has 6 heteroatoms. The Morgan fingerprint density at radius 2 is 2.41 bits per heavy atom. The lowest BCUT2D eigenvalue weighted by Crippen LogP contribution is -2.26. The molecule has 0 radical (unpaired) electrons. The lowest BCUT2D eigenvalue weighted by atomic mass is 10.2. The Bertz CT molecular complexity index is 338. The Kier molecular flexibility index (Phi) is 6.13. The third-order valence-electron chi connectivity index (χ3n) is 2.27. The van der Waals surface area contributed by atoms with Crippen LogP contribution in [0.15, 0.2) is 16.7 Å². The quantitative estimate of drug-likeness (QED) is 0.515. The zero-order valence-corrected chi connectivity index (χ0v) is 9.90. The average Bonchev–Trinajstić information content (AvgIpc) is 2.79.